The number of hydrogen-bond donors (Lipinski definition) is 1. The van der Waals surface area contributed by atoms with Crippen LogP contribution in [0.2, 0.25) is 0 Å². The Morgan fingerprint density at radius 1 is 0.913 bits per heavy atom. The molecule has 1 aliphatic rings. The molecule has 6 rings (SSSR count). The molecule has 14 heteroatoms. The normalized spacial score (nSPS) is 14.6. The highest BCUT2D eigenvalue weighted by molar-refractivity contribution is 5.92. The number of pyridine rings is 1. The fourth-order valence-electron chi connectivity index (χ4n) is 5.05. The molecule has 0 unspecified atom stereocenters. The number of aromatic nitrogens is 3. The fraction of sp³-hybridized carbons (Fsp3) is 0.219. The number of alkyl halides is 2. The maximum absolute atomic E-state index is 15.5. The van der Waals surface area contributed by atoms with Gasteiger partial charge in [0.1, 0.15) is 35.4 Å². The van der Waals surface area contributed by atoms with E-state index in [-0.39, 0.29) is 63.9 Å². The van der Waals surface area contributed by atoms with Gasteiger partial charge in [0, 0.05) is 29.7 Å². The van der Waals surface area contributed by atoms with Crippen molar-refractivity contribution in [3.05, 3.63) is 112 Å². The summed E-state index contributed by atoms with van der Waals surface area (Å²) in [6, 6.07) is 8.45. The lowest BCUT2D eigenvalue weighted by Crippen LogP contribution is -2.31. The van der Waals surface area contributed by atoms with E-state index in [2.05, 4.69) is 9.97 Å². The van der Waals surface area contributed by atoms with Crippen molar-refractivity contribution < 1.29 is 50.1 Å². The van der Waals surface area contributed by atoms with Gasteiger partial charge in [-0.2, -0.15) is 0 Å². The highest BCUT2D eigenvalue weighted by Crippen LogP contribution is 2.31. The third kappa shape index (κ3) is 6.12. The standard InChI is InChI=1S/C32H22F7N3O4/c33-21-3-4-26(40-31(21)46-14-16-2-1-15(30(38)39)7-22(16)34)20-12-23(35)17(8-24(20)36)11-28-41-29-25(37)9-18(32(43)44)10-27(29)42(28)13-19-5-6-45-19/h1-4,7-10,12,19,30H,5-6,11,13-14H2,(H,43,44)/t19-/m0/s1. The molecule has 0 amide bonds. The number of benzene rings is 3. The van der Waals surface area contributed by atoms with E-state index < -0.39 is 59.5 Å². The Hall–Kier alpha value is -4.98. The van der Waals surface area contributed by atoms with Gasteiger partial charge >= 0.3 is 5.97 Å². The van der Waals surface area contributed by atoms with Crippen LogP contribution in [0, 0.1) is 29.1 Å². The molecule has 7 nitrogen and oxygen atoms in total. The first kappa shape index (κ1) is 31.0. The van der Waals surface area contributed by atoms with Gasteiger partial charge in [-0.25, -0.2) is 45.5 Å². The van der Waals surface area contributed by atoms with Crippen molar-refractivity contribution in [2.75, 3.05) is 6.61 Å². The van der Waals surface area contributed by atoms with E-state index >= 15 is 8.78 Å². The molecule has 5 aromatic rings. The van der Waals surface area contributed by atoms with Gasteiger partial charge in [0.2, 0.25) is 0 Å². The third-order valence-electron chi connectivity index (χ3n) is 7.58. The van der Waals surface area contributed by atoms with E-state index in [0.29, 0.717) is 19.1 Å². The molecule has 2 aromatic heterocycles. The number of carboxylic acid groups (broad SMARTS) is 1. The molecule has 0 aliphatic carbocycles. The first-order valence-electron chi connectivity index (χ1n) is 13.9. The molecule has 238 valence electrons. The first-order valence-corrected chi connectivity index (χ1v) is 13.9. The number of imidazole rings is 1. The molecule has 1 atom stereocenters. The Morgan fingerprint density at radius 2 is 1.67 bits per heavy atom. The number of fused-ring (bicyclic) bond motifs is 1. The number of aromatic carboxylic acids is 1. The zero-order valence-corrected chi connectivity index (χ0v) is 23.5. The zero-order chi connectivity index (χ0) is 32.7. The molecule has 0 radical (unpaired) electrons. The second kappa shape index (κ2) is 12.4. The van der Waals surface area contributed by atoms with Crippen LogP contribution in [0.25, 0.3) is 22.3 Å². The van der Waals surface area contributed by atoms with E-state index in [9.17, 15) is 31.9 Å². The fourth-order valence-corrected chi connectivity index (χ4v) is 5.05. The quantitative estimate of drug-likeness (QED) is 0.160. The van der Waals surface area contributed by atoms with Crippen molar-refractivity contribution in [2.24, 2.45) is 0 Å². The topological polar surface area (TPSA) is 86.5 Å². The highest BCUT2D eigenvalue weighted by Gasteiger charge is 2.25. The van der Waals surface area contributed by atoms with Crippen LogP contribution in [0.3, 0.4) is 0 Å². The summed E-state index contributed by atoms with van der Waals surface area (Å²) in [6.45, 7) is 0.108. The van der Waals surface area contributed by atoms with E-state index in [1.807, 2.05) is 0 Å². The summed E-state index contributed by atoms with van der Waals surface area (Å²) in [5, 5.41) is 9.39. The van der Waals surface area contributed by atoms with Crippen molar-refractivity contribution in [1.82, 2.24) is 14.5 Å². The number of nitrogens with zero attached hydrogens (tertiary/aromatic N) is 3. The molecule has 0 saturated carbocycles. The van der Waals surface area contributed by atoms with Crippen LogP contribution in [0.5, 0.6) is 5.88 Å². The Balaban J connectivity index is 1.28. The minimum absolute atomic E-state index is 0.135. The van der Waals surface area contributed by atoms with Crippen molar-refractivity contribution in [3.8, 4) is 17.1 Å². The second-order valence-corrected chi connectivity index (χ2v) is 10.6. The Bertz CT molecular complexity index is 1980. The van der Waals surface area contributed by atoms with Gasteiger partial charge in [-0.15, -0.1) is 0 Å². The average molecular weight is 646 g/mol. The van der Waals surface area contributed by atoms with Gasteiger partial charge in [-0.3, -0.25) is 0 Å². The van der Waals surface area contributed by atoms with E-state index in [0.717, 1.165) is 42.5 Å². The van der Waals surface area contributed by atoms with Gasteiger partial charge < -0.3 is 19.1 Å². The summed E-state index contributed by atoms with van der Waals surface area (Å²) < 4.78 is 112. The Kier molecular flexibility index (Phi) is 8.38. The van der Waals surface area contributed by atoms with E-state index in [1.165, 1.54) is 10.6 Å². The van der Waals surface area contributed by atoms with E-state index in [1.54, 1.807) is 0 Å². The summed E-state index contributed by atoms with van der Waals surface area (Å²) in [6.07, 6.45) is -2.76. The number of ether oxygens (including phenoxy) is 2. The average Bonchev–Trinajstić information content (AvgIpc) is 3.33. The smallest absolute Gasteiger partial charge is 0.335 e. The third-order valence-corrected chi connectivity index (χ3v) is 7.58. The van der Waals surface area contributed by atoms with Crippen LogP contribution >= 0.6 is 0 Å². The van der Waals surface area contributed by atoms with Crippen LogP contribution < -0.4 is 4.74 Å². The number of halogens is 7. The molecule has 1 saturated heterocycles. The molecular weight excluding hydrogens is 623 g/mol. The Morgan fingerprint density at radius 3 is 2.35 bits per heavy atom. The maximum atomic E-state index is 15.5. The van der Waals surface area contributed by atoms with Crippen molar-refractivity contribution in [3.63, 3.8) is 0 Å². The van der Waals surface area contributed by atoms with Crippen LogP contribution in [-0.4, -0.2) is 38.3 Å². The molecule has 3 aromatic carbocycles. The molecule has 0 bridgehead atoms. The van der Waals surface area contributed by atoms with Gasteiger partial charge in [0.15, 0.2) is 11.6 Å². The summed E-state index contributed by atoms with van der Waals surface area (Å²) in [5.41, 5.74) is -1.72. The summed E-state index contributed by atoms with van der Waals surface area (Å²) in [5.74, 6) is -6.58. The molecule has 0 spiro atoms. The summed E-state index contributed by atoms with van der Waals surface area (Å²) in [7, 11) is 0. The first-order chi connectivity index (χ1) is 22.0. The largest absolute Gasteiger partial charge is 0.478 e. The number of carbonyl (C=O) groups is 1. The van der Waals surface area contributed by atoms with Crippen molar-refractivity contribution >= 4 is 17.0 Å². The van der Waals surface area contributed by atoms with Gasteiger partial charge in [-0.1, -0.05) is 12.1 Å². The number of rotatable bonds is 10. The molecule has 1 fully saturated rings. The van der Waals surface area contributed by atoms with Gasteiger partial charge in [0.05, 0.1) is 29.4 Å². The number of hydrogen-bond acceptors (Lipinski definition) is 5. The van der Waals surface area contributed by atoms with Crippen molar-refractivity contribution in [1.29, 1.82) is 0 Å². The highest BCUT2D eigenvalue weighted by atomic mass is 19.3. The lowest BCUT2D eigenvalue weighted by atomic mass is 10.0. The predicted octanol–water partition coefficient (Wildman–Crippen LogP) is 7.39. The lowest BCUT2D eigenvalue weighted by molar-refractivity contribution is -0.0589. The Labute approximate surface area is 255 Å². The van der Waals surface area contributed by atoms with Crippen LogP contribution in [0.1, 0.15) is 45.7 Å². The SMILES string of the molecule is O=C(O)c1cc(F)c2nc(Cc3cc(F)c(-c4ccc(F)c(OCc5ccc(C(F)F)cc5F)n4)cc3F)n(C[C@@H]3CCO3)c2c1. The monoisotopic (exact) mass is 645 g/mol. The minimum atomic E-state index is -2.89. The molecule has 46 heavy (non-hydrogen) atoms. The summed E-state index contributed by atoms with van der Waals surface area (Å²) in [4.78, 5) is 19.7. The molecule has 3 heterocycles. The molecule has 1 N–H and O–H groups in total. The summed E-state index contributed by atoms with van der Waals surface area (Å²) >= 11 is 0. The van der Waals surface area contributed by atoms with Crippen LogP contribution in [0.4, 0.5) is 30.7 Å². The molecular formula is C32H22F7N3O4. The van der Waals surface area contributed by atoms with Crippen LogP contribution in [-0.2, 0) is 24.3 Å². The zero-order valence-electron chi connectivity index (χ0n) is 23.5. The maximum Gasteiger partial charge on any atom is 0.335 e. The minimum Gasteiger partial charge on any atom is -0.478 e. The predicted molar refractivity (Wildman–Crippen MR) is 149 cm³/mol. The number of carboxylic acids is 1. The van der Waals surface area contributed by atoms with Gasteiger partial charge in [0.25, 0.3) is 12.3 Å². The second-order valence-electron chi connectivity index (χ2n) is 10.6. The van der Waals surface area contributed by atoms with Crippen molar-refractivity contribution in [2.45, 2.75) is 38.5 Å². The molecule has 1 aliphatic heterocycles. The van der Waals surface area contributed by atoms with Crippen LogP contribution in [0.15, 0.2) is 54.6 Å². The lowest BCUT2D eigenvalue weighted by Gasteiger charge is -2.27. The van der Waals surface area contributed by atoms with Gasteiger partial charge in [-0.05, 0) is 54.4 Å². The van der Waals surface area contributed by atoms with E-state index in [4.69, 9.17) is 9.47 Å².